The van der Waals surface area contributed by atoms with E-state index in [1.807, 2.05) is 36.9 Å². The number of benzene rings is 1. The molecule has 0 aliphatic carbocycles. The maximum atomic E-state index is 12.3. The van der Waals surface area contributed by atoms with Crippen molar-refractivity contribution < 1.29 is 9.90 Å². The minimum Gasteiger partial charge on any atom is -0.388 e. The molecule has 0 saturated heterocycles. The number of anilines is 1. The lowest BCUT2D eigenvalue weighted by atomic mass is 9.94. The molecular formula is C16H23NO2. The van der Waals surface area contributed by atoms with Gasteiger partial charge in [0.1, 0.15) is 0 Å². The Morgan fingerprint density at radius 2 is 2.05 bits per heavy atom. The smallest absolute Gasteiger partial charge is 0.234 e. The molecule has 0 spiro atoms. The number of amides is 1. The van der Waals surface area contributed by atoms with Gasteiger partial charge in [0.15, 0.2) is 0 Å². The summed E-state index contributed by atoms with van der Waals surface area (Å²) in [6.45, 7) is 6.81. The van der Waals surface area contributed by atoms with Crippen molar-refractivity contribution in [3.05, 3.63) is 29.3 Å². The van der Waals surface area contributed by atoms with Crippen molar-refractivity contribution in [3.8, 4) is 0 Å². The Kier molecular flexibility index (Phi) is 4.25. The maximum Gasteiger partial charge on any atom is 0.234 e. The molecule has 2 rings (SSSR count). The minimum absolute atomic E-state index is 0.0382. The molecule has 3 nitrogen and oxygen atoms in total. The number of hydrogen-bond donors (Lipinski definition) is 1. The molecule has 0 saturated carbocycles. The SMILES string of the molecule is CCCC(O)c1ccc2c(c1)C(CC)C(=O)N2CC. The first-order valence-electron chi connectivity index (χ1n) is 7.27. The summed E-state index contributed by atoms with van der Waals surface area (Å²) in [6, 6.07) is 5.96. The lowest BCUT2D eigenvalue weighted by molar-refractivity contribution is -0.119. The van der Waals surface area contributed by atoms with Gasteiger partial charge in [-0.3, -0.25) is 4.79 Å². The number of hydrogen-bond acceptors (Lipinski definition) is 2. The lowest BCUT2D eigenvalue weighted by Crippen LogP contribution is -2.28. The number of likely N-dealkylation sites (N-methyl/N-ethyl adjacent to an activating group) is 1. The van der Waals surface area contributed by atoms with E-state index in [9.17, 15) is 9.90 Å². The first-order valence-corrected chi connectivity index (χ1v) is 7.27. The van der Waals surface area contributed by atoms with E-state index in [1.165, 1.54) is 0 Å². The summed E-state index contributed by atoms with van der Waals surface area (Å²) in [7, 11) is 0. The van der Waals surface area contributed by atoms with E-state index in [1.54, 1.807) is 0 Å². The zero-order valence-electron chi connectivity index (χ0n) is 12.0. The predicted molar refractivity (Wildman–Crippen MR) is 77.4 cm³/mol. The molecule has 0 radical (unpaired) electrons. The van der Waals surface area contributed by atoms with Gasteiger partial charge in [-0.25, -0.2) is 0 Å². The summed E-state index contributed by atoms with van der Waals surface area (Å²) in [5, 5.41) is 10.1. The highest BCUT2D eigenvalue weighted by molar-refractivity contribution is 6.04. The van der Waals surface area contributed by atoms with E-state index in [-0.39, 0.29) is 11.8 Å². The van der Waals surface area contributed by atoms with Crippen LogP contribution in [0.5, 0.6) is 0 Å². The number of rotatable bonds is 5. The van der Waals surface area contributed by atoms with E-state index in [0.29, 0.717) is 6.54 Å². The van der Waals surface area contributed by atoms with Crippen LogP contribution in [0.1, 0.15) is 63.2 Å². The Morgan fingerprint density at radius 1 is 1.32 bits per heavy atom. The summed E-state index contributed by atoms with van der Waals surface area (Å²) < 4.78 is 0. The van der Waals surface area contributed by atoms with Gasteiger partial charge in [0.2, 0.25) is 5.91 Å². The van der Waals surface area contributed by atoms with Crippen LogP contribution >= 0.6 is 0 Å². The topological polar surface area (TPSA) is 40.5 Å². The summed E-state index contributed by atoms with van der Waals surface area (Å²) in [5.74, 6) is 0.158. The normalized spacial score (nSPS) is 19.7. The van der Waals surface area contributed by atoms with Gasteiger partial charge in [-0.2, -0.15) is 0 Å². The van der Waals surface area contributed by atoms with Crippen LogP contribution in [-0.4, -0.2) is 17.6 Å². The third kappa shape index (κ3) is 2.39. The number of carbonyl (C=O) groups is 1. The Hall–Kier alpha value is -1.35. The molecule has 19 heavy (non-hydrogen) atoms. The zero-order valence-corrected chi connectivity index (χ0v) is 12.0. The van der Waals surface area contributed by atoms with Crippen LogP contribution in [0.4, 0.5) is 5.69 Å². The van der Waals surface area contributed by atoms with Crippen molar-refractivity contribution in [2.24, 2.45) is 0 Å². The Bertz CT molecular complexity index is 470. The molecule has 3 heteroatoms. The van der Waals surface area contributed by atoms with Gasteiger partial charge in [0.25, 0.3) is 0 Å². The van der Waals surface area contributed by atoms with E-state index in [2.05, 4.69) is 6.92 Å². The van der Waals surface area contributed by atoms with E-state index < -0.39 is 6.10 Å². The second-order valence-electron chi connectivity index (χ2n) is 5.17. The molecule has 1 N–H and O–H groups in total. The van der Waals surface area contributed by atoms with Gasteiger partial charge in [-0.15, -0.1) is 0 Å². The third-order valence-corrected chi connectivity index (χ3v) is 3.95. The second kappa shape index (κ2) is 5.74. The van der Waals surface area contributed by atoms with Crippen LogP contribution in [0.15, 0.2) is 18.2 Å². The Morgan fingerprint density at radius 3 is 2.63 bits per heavy atom. The van der Waals surface area contributed by atoms with Crippen molar-refractivity contribution >= 4 is 11.6 Å². The quantitative estimate of drug-likeness (QED) is 0.882. The van der Waals surface area contributed by atoms with Crippen molar-refractivity contribution in [2.75, 3.05) is 11.4 Å². The average Bonchev–Trinajstić information content (AvgIpc) is 2.68. The Balaban J connectivity index is 2.39. The summed E-state index contributed by atoms with van der Waals surface area (Å²) in [5.41, 5.74) is 3.04. The molecular weight excluding hydrogens is 238 g/mol. The molecule has 1 aromatic carbocycles. The van der Waals surface area contributed by atoms with Crippen LogP contribution in [0.2, 0.25) is 0 Å². The molecule has 0 aromatic heterocycles. The van der Waals surface area contributed by atoms with Crippen LogP contribution in [0.25, 0.3) is 0 Å². The van der Waals surface area contributed by atoms with Gasteiger partial charge in [-0.1, -0.05) is 32.4 Å². The molecule has 1 heterocycles. The van der Waals surface area contributed by atoms with Crippen LogP contribution in [0.3, 0.4) is 0 Å². The molecule has 1 aliphatic heterocycles. The van der Waals surface area contributed by atoms with Crippen LogP contribution < -0.4 is 4.90 Å². The standard InChI is InChI=1S/C16H23NO2/c1-4-7-15(18)11-8-9-14-13(10-11)12(5-2)16(19)17(14)6-3/h8-10,12,15,18H,4-7H2,1-3H3. The fourth-order valence-corrected chi connectivity index (χ4v) is 2.91. The average molecular weight is 261 g/mol. The highest BCUT2D eigenvalue weighted by Gasteiger charge is 2.35. The zero-order chi connectivity index (χ0) is 14.0. The van der Waals surface area contributed by atoms with E-state index in [0.717, 1.165) is 36.1 Å². The van der Waals surface area contributed by atoms with Crippen LogP contribution in [0, 0.1) is 0 Å². The van der Waals surface area contributed by atoms with E-state index >= 15 is 0 Å². The van der Waals surface area contributed by atoms with E-state index in [4.69, 9.17) is 0 Å². The molecule has 1 amide bonds. The molecule has 2 atom stereocenters. The fourth-order valence-electron chi connectivity index (χ4n) is 2.91. The lowest BCUT2D eigenvalue weighted by Gasteiger charge is -2.16. The van der Waals surface area contributed by atoms with Gasteiger partial charge >= 0.3 is 0 Å². The molecule has 1 aliphatic rings. The van der Waals surface area contributed by atoms with Crippen molar-refractivity contribution in [3.63, 3.8) is 0 Å². The second-order valence-corrected chi connectivity index (χ2v) is 5.17. The fraction of sp³-hybridized carbons (Fsp3) is 0.562. The first kappa shape index (κ1) is 14.1. The Labute approximate surface area is 115 Å². The third-order valence-electron chi connectivity index (χ3n) is 3.95. The summed E-state index contributed by atoms with van der Waals surface area (Å²) in [6.07, 6.45) is 2.12. The monoisotopic (exact) mass is 261 g/mol. The van der Waals surface area contributed by atoms with Gasteiger partial charge in [0.05, 0.1) is 12.0 Å². The highest BCUT2D eigenvalue weighted by Crippen LogP contribution is 2.40. The molecule has 104 valence electrons. The number of carbonyl (C=O) groups excluding carboxylic acids is 1. The van der Waals surface area contributed by atoms with Crippen molar-refractivity contribution in [1.82, 2.24) is 0 Å². The minimum atomic E-state index is -0.418. The number of aliphatic hydroxyl groups is 1. The predicted octanol–water partition coefficient (Wildman–Crippen LogP) is 3.38. The summed E-state index contributed by atoms with van der Waals surface area (Å²) >= 11 is 0. The van der Waals surface area contributed by atoms with Crippen LogP contribution in [-0.2, 0) is 4.79 Å². The van der Waals surface area contributed by atoms with Crippen molar-refractivity contribution in [2.45, 2.75) is 52.1 Å². The number of fused-ring (bicyclic) bond motifs is 1. The maximum absolute atomic E-state index is 12.3. The number of aliphatic hydroxyl groups excluding tert-OH is 1. The molecule has 1 aromatic rings. The summed E-state index contributed by atoms with van der Waals surface area (Å²) in [4.78, 5) is 14.1. The first-order chi connectivity index (χ1) is 9.13. The van der Waals surface area contributed by atoms with Gasteiger partial charge < -0.3 is 10.0 Å². The van der Waals surface area contributed by atoms with Gasteiger partial charge in [0, 0.05) is 12.2 Å². The highest BCUT2D eigenvalue weighted by atomic mass is 16.3. The molecule has 0 bridgehead atoms. The largest absolute Gasteiger partial charge is 0.388 e. The molecule has 0 fully saturated rings. The van der Waals surface area contributed by atoms with Crippen molar-refractivity contribution in [1.29, 1.82) is 0 Å². The van der Waals surface area contributed by atoms with Gasteiger partial charge in [-0.05, 0) is 37.0 Å². The molecule has 2 unspecified atom stereocenters. The number of nitrogens with zero attached hydrogens (tertiary/aromatic N) is 1.